The highest BCUT2D eigenvalue weighted by Gasteiger charge is 1.98. The molecular weight excluding hydrogens is 236 g/mol. The molecule has 0 fully saturated rings. The highest BCUT2D eigenvalue weighted by Crippen LogP contribution is 2.24. The normalized spacial score (nSPS) is 10.6. The number of phenols is 1. The lowest BCUT2D eigenvalue weighted by atomic mass is 10.2. The Kier molecular flexibility index (Phi) is 4.04. The van der Waals surface area contributed by atoms with Gasteiger partial charge in [0.25, 0.3) is 0 Å². The minimum absolute atomic E-state index is 0.227. The first-order valence-corrected chi connectivity index (χ1v) is 6.04. The second kappa shape index (κ2) is 5.91. The van der Waals surface area contributed by atoms with Gasteiger partial charge in [-0.15, -0.1) is 0 Å². The van der Waals surface area contributed by atoms with Crippen molar-refractivity contribution in [1.29, 1.82) is 0 Å². The largest absolute Gasteiger partial charge is 0.508 e. The van der Waals surface area contributed by atoms with E-state index in [1.54, 1.807) is 24.3 Å². The highest BCUT2D eigenvalue weighted by molar-refractivity contribution is 5.54. The zero-order valence-corrected chi connectivity index (χ0v) is 10.8. The van der Waals surface area contributed by atoms with Crippen molar-refractivity contribution in [3.05, 3.63) is 72.3 Å². The molecule has 0 aliphatic heterocycles. The number of allylic oxidation sites excluding steroid dienone is 2. The van der Waals surface area contributed by atoms with Gasteiger partial charge >= 0.3 is 0 Å². The summed E-state index contributed by atoms with van der Waals surface area (Å²) in [5, 5.41) is 9.22. The van der Waals surface area contributed by atoms with Gasteiger partial charge in [-0.25, -0.2) is 0 Å². The van der Waals surface area contributed by atoms with Crippen LogP contribution < -0.4 is 4.74 Å². The summed E-state index contributed by atoms with van der Waals surface area (Å²) in [5.74, 6) is 1.68. The van der Waals surface area contributed by atoms with Gasteiger partial charge in [0, 0.05) is 0 Å². The molecule has 0 aliphatic carbocycles. The first-order valence-electron chi connectivity index (χ1n) is 6.04. The fraction of sp³-hybridized carbons (Fsp3) is 0.0588. The smallest absolute Gasteiger partial charge is 0.128 e. The second-order valence-electron chi connectivity index (χ2n) is 4.35. The Morgan fingerprint density at radius 3 is 2.53 bits per heavy atom. The topological polar surface area (TPSA) is 29.5 Å². The molecule has 0 saturated heterocycles. The van der Waals surface area contributed by atoms with Crippen molar-refractivity contribution in [2.24, 2.45) is 0 Å². The summed E-state index contributed by atoms with van der Waals surface area (Å²) in [5.41, 5.74) is 2.06. The zero-order valence-electron chi connectivity index (χ0n) is 10.8. The molecule has 0 bridgehead atoms. The van der Waals surface area contributed by atoms with Gasteiger partial charge in [0.2, 0.25) is 0 Å². The van der Waals surface area contributed by atoms with Gasteiger partial charge in [-0.3, -0.25) is 0 Å². The summed E-state index contributed by atoms with van der Waals surface area (Å²) >= 11 is 0. The van der Waals surface area contributed by atoms with Crippen molar-refractivity contribution in [3.8, 4) is 17.2 Å². The molecule has 2 aromatic rings. The Bertz CT molecular complexity index is 595. The molecule has 0 unspecified atom stereocenters. The van der Waals surface area contributed by atoms with E-state index in [1.807, 2.05) is 43.3 Å². The Hall–Kier alpha value is -2.48. The molecule has 2 rings (SSSR count). The Labute approximate surface area is 113 Å². The molecule has 96 valence electrons. The van der Waals surface area contributed by atoms with Crippen LogP contribution in [0.25, 0.3) is 6.08 Å². The van der Waals surface area contributed by atoms with E-state index in [0.717, 1.165) is 16.9 Å². The first kappa shape index (κ1) is 13.0. The molecular formula is C17H16O2. The lowest BCUT2D eigenvalue weighted by molar-refractivity contribution is 0.464. The summed E-state index contributed by atoms with van der Waals surface area (Å²) in [4.78, 5) is 0. The maximum absolute atomic E-state index is 9.22. The molecule has 0 aromatic heterocycles. The van der Waals surface area contributed by atoms with Crippen LogP contribution in [0, 0.1) is 0 Å². The van der Waals surface area contributed by atoms with E-state index in [0.29, 0.717) is 5.75 Å². The van der Waals surface area contributed by atoms with E-state index in [-0.39, 0.29) is 5.75 Å². The van der Waals surface area contributed by atoms with Crippen molar-refractivity contribution < 1.29 is 9.84 Å². The maximum atomic E-state index is 9.22. The van der Waals surface area contributed by atoms with Gasteiger partial charge in [0.1, 0.15) is 17.2 Å². The molecule has 0 spiro atoms. The first-order chi connectivity index (χ1) is 9.13. The van der Waals surface area contributed by atoms with Crippen LogP contribution in [0.15, 0.2) is 66.8 Å². The minimum atomic E-state index is 0.227. The van der Waals surface area contributed by atoms with E-state index >= 15 is 0 Å². The standard InChI is InChI=1S/C17H16O2/c1-13(2)6-7-14-4-3-5-17(12-14)19-16-10-8-15(18)9-11-16/h3-12,18H,1H2,2H3/b7-6+. The van der Waals surface area contributed by atoms with Gasteiger partial charge < -0.3 is 9.84 Å². The summed E-state index contributed by atoms with van der Waals surface area (Å²) in [6, 6.07) is 14.4. The number of hydrogen-bond donors (Lipinski definition) is 1. The van der Waals surface area contributed by atoms with Crippen LogP contribution >= 0.6 is 0 Å². The number of phenolic OH excluding ortho intramolecular Hbond substituents is 1. The summed E-state index contributed by atoms with van der Waals surface area (Å²) in [7, 11) is 0. The SMILES string of the molecule is C=C(C)/C=C/c1cccc(Oc2ccc(O)cc2)c1. The molecule has 2 aromatic carbocycles. The minimum Gasteiger partial charge on any atom is -0.508 e. The average molecular weight is 252 g/mol. The van der Waals surface area contributed by atoms with Gasteiger partial charge in [-0.05, 0) is 48.9 Å². The maximum Gasteiger partial charge on any atom is 0.128 e. The molecule has 0 atom stereocenters. The summed E-state index contributed by atoms with van der Waals surface area (Å²) < 4.78 is 5.71. The number of aromatic hydroxyl groups is 1. The molecule has 0 radical (unpaired) electrons. The summed E-state index contributed by atoms with van der Waals surface area (Å²) in [6.07, 6.45) is 3.95. The predicted octanol–water partition coefficient (Wildman–Crippen LogP) is 4.77. The number of hydrogen-bond acceptors (Lipinski definition) is 2. The van der Waals surface area contributed by atoms with Crippen LogP contribution in [0.5, 0.6) is 17.2 Å². The van der Waals surface area contributed by atoms with Gasteiger partial charge in [0.05, 0.1) is 0 Å². The number of rotatable bonds is 4. The molecule has 0 saturated carbocycles. The van der Waals surface area contributed by atoms with Crippen molar-refractivity contribution in [3.63, 3.8) is 0 Å². The van der Waals surface area contributed by atoms with Crippen molar-refractivity contribution in [2.45, 2.75) is 6.92 Å². The highest BCUT2D eigenvalue weighted by atomic mass is 16.5. The van der Waals surface area contributed by atoms with Gasteiger partial charge in [-0.1, -0.05) is 36.4 Å². The number of benzene rings is 2. The second-order valence-corrected chi connectivity index (χ2v) is 4.35. The van der Waals surface area contributed by atoms with E-state index < -0.39 is 0 Å². The van der Waals surface area contributed by atoms with Crippen molar-refractivity contribution in [2.75, 3.05) is 0 Å². The lowest BCUT2D eigenvalue weighted by Crippen LogP contribution is -1.84. The van der Waals surface area contributed by atoms with Crippen LogP contribution in [-0.2, 0) is 0 Å². The van der Waals surface area contributed by atoms with Crippen molar-refractivity contribution in [1.82, 2.24) is 0 Å². The lowest BCUT2D eigenvalue weighted by Gasteiger charge is -2.06. The summed E-state index contributed by atoms with van der Waals surface area (Å²) in [6.45, 7) is 5.78. The molecule has 2 nitrogen and oxygen atoms in total. The number of ether oxygens (including phenoxy) is 1. The molecule has 0 heterocycles. The van der Waals surface area contributed by atoms with Crippen LogP contribution in [0.1, 0.15) is 12.5 Å². The van der Waals surface area contributed by atoms with Crippen LogP contribution in [-0.4, -0.2) is 5.11 Å². The Morgan fingerprint density at radius 1 is 1.11 bits per heavy atom. The van der Waals surface area contributed by atoms with Crippen LogP contribution in [0.2, 0.25) is 0 Å². The Morgan fingerprint density at radius 2 is 1.84 bits per heavy atom. The van der Waals surface area contributed by atoms with E-state index in [4.69, 9.17) is 4.74 Å². The quantitative estimate of drug-likeness (QED) is 0.794. The Balaban J connectivity index is 2.15. The zero-order chi connectivity index (χ0) is 13.7. The monoisotopic (exact) mass is 252 g/mol. The average Bonchev–Trinajstić information content (AvgIpc) is 2.40. The van der Waals surface area contributed by atoms with E-state index in [1.165, 1.54) is 0 Å². The third kappa shape index (κ3) is 4.03. The van der Waals surface area contributed by atoms with Crippen molar-refractivity contribution >= 4 is 6.08 Å². The van der Waals surface area contributed by atoms with Crippen LogP contribution in [0.4, 0.5) is 0 Å². The fourth-order valence-electron chi connectivity index (χ4n) is 1.57. The molecule has 2 heteroatoms. The van der Waals surface area contributed by atoms with Gasteiger partial charge in [-0.2, -0.15) is 0 Å². The molecule has 1 N–H and O–H groups in total. The van der Waals surface area contributed by atoms with E-state index in [9.17, 15) is 5.11 Å². The molecule has 19 heavy (non-hydrogen) atoms. The fourth-order valence-corrected chi connectivity index (χ4v) is 1.57. The molecule has 0 aliphatic rings. The predicted molar refractivity (Wildman–Crippen MR) is 78.5 cm³/mol. The van der Waals surface area contributed by atoms with E-state index in [2.05, 4.69) is 6.58 Å². The molecule has 0 amide bonds. The third-order valence-corrected chi connectivity index (χ3v) is 2.49. The van der Waals surface area contributed by atoms with Crippen LogP contribution in [0.3, 0.4) is 0 Å². The van der Waals surface area contributed by atoms with Gasteiger partial charge in [0.15, 0.2) is 0 Å². The third-order valence-electron chi connectivity index (χ3n) is 2.49.